The molecule has 4 aromatic rings. The Morgan fingerprint density at radius 2 is 2.06 bits per heavy atom. The van der Waals surface area contributed by atoms with Crippen molar-refractivity contribution in [2.45, 2.75) is 33.2 Å². The van der Waals surface area contributed by atoms with Gasteiger partial charge in [0.25, 0.3) is 5.91 Å². The van der Waals surface area contributed by atoms with E-state index in [1.54, 1.807) is 6.21 Å². The second-order valence-corrected chi connectivity index (χ2v) is 7.53. The summed E-state index contributed by atoms with van der Waals surface area (Å²) < 4.78 is 6.10. The molecule has 12 heteroatoms. The zero-order chi connectivity index (χ0) is 23.2. The second-order valence-electron chi connectivity index (χ2n) is 7.53. The van der Waals surface area contributed by atoms with Gasteiger partial charge in [-0.15, -0.1) is 5.10 Å². The highest BCUT2D eigenvalue weighted by Crippen LogP contribution is 2.18. The molecule has 1 amide bonds. The normalized spacial score (nSPS) is 11.7. The van der Waals surface area contributed by atoms with Gasteiger partial charge in [-0.1, -0.05) is 37.3 Å². The smallest absolute Gasteiger partial charge is 0.293 e. The predicted octanol–water partition coefficient (Wildman–Crippen LogP) is 2.10. The van der Waals surface area contributed by atoms with Gasteiger partial charge in [0.05, 0.1) is 11.9 Å². The molecule has 0 aliphatic carbocycles. The molecule has 0 unspecified atom stereocenters. The van der Waals surface area contributed by atoms with Crippen molar-refractivity contribution in [1.29, 1.82) is 0 Å². The van der Waals surface area contributed by atoms with Gasteiger partial charge in [0.2, 0.25) is 11.6 Å². The van der Waals surface area contributed by atoms with Gasteiger partial charge in [-0.25, -0.2) is 10.1 Å². The Hall–Kier alpha value is -4.06. The highest BCUT2D eigenvalue weighted by Gasteiger charge is 2.25. The van der Waals surface area contributed by atoms with Crippen molar-refractivity contribution in [3.05, 3.63) is 47.4 Å². The van der Waals surface area contributed by atoms with Gasteiger partial charge in [-0.3, -0.25) is 9.69 Å². The van der Waals surface area contributed by atoms with E-state index in [4.69, 9.17) is 10.4 Å². The third-order valence-corrected chi connectivity index (χ3v) is 5.12. The molecule has 0 aliphatic rings. The SMILES string of the molecule is CCCN(CCC)Cc1c(C(=O)N/N=C\c2c[nH]c3ccccc23)nnn1-c1nonc1N. The second kappa shape index (κ2) is 10.0. The van der Waals surface area contributed by atoms with Crippen molar-refractivity contribution in [2.75, 3.05) is 18.8 Å². The number of para-hydroxylation sites is 1. The molecule has 0 spiro atoms. The van der Waals surface area contributed by atoms with Crippen LogP contribution in [0.5, 0.6) is 0 Å². The Balaban J connectivity index is 1.59. The third-order valence-electron chi connectivity index (χ3n) is 5.12. The fourth-order valence-electron chi connectivity index (χ4n) is 3.66. The molecule has 0 aliphatic heterocycles. The van der Waals surface area contributed by atoms with Gasteiger partial charge >= 0.3 is 0 Å². The average Bonchev–Trinajstić information content (AvgIpc) is 3.53. The first kappa shape index (κ1) is 22.1. The summed E-state index contributed by atoms with van der Waals surface area (Å²) in [6, 6.07) is 7.84. The van der Waals surface area contributed by atoms with Gasteiger partial charge in [-0.2, -0.15) is 9.78 Å². The summed E-state index contributed by atoms with van der Waals surface area (Å²) in [6.45, 7) is 6.34. The molecule has 3 aromatic heterocycles. The maximum absolute atomic E-state index is 13.0. The van der Waals surface area contributed by atoms with Crippen molar-refractivity contribution in [1.82, 2.24) is 40.6 Å². The van der Waals surface area contributed by atoms with E-state index in [1.165, 1.54) is 4.68 Å². The number of rotatable bonds is 10. The number of carbonyl (C=O) groups is 1. The van der Waals surface area contributed by atoms with Gasteiger partial charge in [0.1, 0.15) is 0 Å². The van der Waals surface area contributed by atoms with Crippen LogP contribution < -0.4 is 11.2 Å². The number of nitrogens with two attached hydrogens (primary N) is 1. The first-order valence-corrected chi connectivity index (χ1v) is 10.8. The molecule has 0 saturated carbocycles. The van der Waals surface area contributed by atoms with Crippen LogP contribution in [-0.4, -0.2) is 60.4 Å². The van der Waals surface area contributed by atoms with E-state index in [0.717, 1.165) is 42.4 Å². The molecule has 172 valence electrons. The molecule has 1 aromatic carbocycles. The molecule has 4 rings (SSSR count). The predicted molar refractivity (Wildman–Crippen MR) is 123 cm³/mol. The summed E-state index contributed by atoms with van der Waals surface area (Å²) in [7, 11) is 0. The van der Waals surface area contributed by atoms with Crippen LogP contribution in [0.2, 0.25) is 0 Å². The molecule has 0 atom stereocenters. The molecule has 12 nitrogen and oxygen atoms in total. The fourth-order valence-corrected chi connectivity index (χ4v) is 3.66. The lowest BCUT2D eigenvalue weighted by Gasteiger charge is -2.21. The minimum absolute atomic E-state index is 0.0583. The molecule has 0 bridgehead atoms. The number of carbonyl (C=O) groups excluding carboxylic acids is 1. The number of H-pyrrole nitrogens is 1. The number of nitrogens with zero attached hydrogens (tertiary/aromatic N) is 7. The molecule has 0 fully saturated rings. The van der Waals surface area contributed by atoms with Crippen LogP contribution in [0, 0.1) is 0 Å². The summed E-state index contributed by atoms with van der Waals surface area (Å²) >= 11 is 0. The van der Waals surface area contributed by atoms with Crippen molar-refractivity contribution in [2.24, 2.45) is 5.10 Å². The minimum Gasteiger partial charge on any atom is -0.378 e. The number of benzene rings is 1. The number of hydrazone groups is 1. The number of nitrogen functional groups attached to an aromatic ring is 1. The van der Waals surface area contributed by atoms with Crippen LogP contribution in [-0.2, 0) is 6.54 Å². The summed E-state index contributed by atoms with van der Waals surface area (Å²) in [5.41, 5.74) is 10.9. The van der Waals surface area contributed by atoms with Gasteiger partial charge in [0.15, 0.2) is 5.69 Å². The van der Waals surface area contributed by atoms with Crippen molar-refractivity contribution >= 4 is 28.8 Å². The number of nitrogens with one attached hydrogen (secondary N) is 2. The zero-order valence-corrected chi connectivity index (χ0v) is 18.5. The maximum Gasteiger partial charge on any atom is 0.293 e. The first-order chi connectivity index (χ1) is 16.1. The van der Waals surface area contributed by atoms with Crippen LogP contribution in [0.4, 0.5) is 5.82 Å². The topological polar surface area (TPSA) is 156 Å². The van der Waals surface area contributed by atoms with Crippen molar-refractivity contribution < 1.29 is 9.42 Å². The summed E-state index contributed by atoms with van der Waals surface area (Å²) in [6.07, 6.45) is 5.34. The zero-order valence-electron chi connectivity index (χ0n) is 18.5. The lowest BCUT2D eigenvalue weighted by Crippen LogP contribution is -2.28. The molecule has 4 N–H and O–H groups in total. The van der Waals surface area contributed by atoms with E-state index in [9.17, 15) is 4.79 Å². The summed E-state index contributed by atoms with van der Waals surface area (Å²) in [4.78, 5) is 18.3. The first-order valence-electron chi connectivity index (χ1n) is 10.8. The Kier molecular flexibility index (Phi) is 6.74. The minimum atomic E-state index is -0.490. The van der Waals surface area contributed by atoms with Crippen LogP contribution in [0.3, 0.4) is 0 Å². The largest absolute Gasteiger partial charge is 0.378 e. The Morgan fingerprint density at radius 1 is 1.27 bits per heavy atom. The number of hydrogen-bond acceptors (Lipinski definition) is 9. The highest BCUT2D eigenvalue weighted by atomic mass is 16.6. The lowest BCUT2D eigenvalue weighted by atomic mass is 10.2. The number of amides is 1. The number of aromatic nitrogens is 6. The van der Waals surface area contributed by atoms with Crippen molar-refractivity contribution in [3.63, 3.8) is 0 Å². The fraction of sp³-hybridized carbons (Fsp3) is 0.333. The number of hydrogen-bond donors (Lipinski definition) is 3. The Bertz CT molecular complexity index is 1250. The molecule has 0 radical (unpaired) electrons. The van der Waals surface area contributed by atoms with Crippen LogP contribution in [0.1, 0.15) is 48.4 Å². The van der Waals surface area contributed by atoms with E-state index in [-0.39, 0.29) is 17.3 Å². The molecule has 3 heterocycles. The monoisotopic (exact) mass is 450 g/mol. The standard InChI is InChI=1S/C21H26N10O2/c1-3-9-30(10-4-2)13-17-18(25-29-31(17)20-19(22)27-33-28-20)21(32)26-24-12-14-11-23-16-8-6-5-7-15(14)16/h5-8,11-12,23H,3-4,9-10,13H2,1-2H3,(H2,22,27)(H,26,32)/b24-12-. The molecule has 0 saturated heterocycles. The Morgan fingerprint density at radius 3 is 2.79 bits per heavy atom. The van der Waals surface area contributed by atoms with E-state index in [1.807, 2.05) is 30.5 Å². The van der Waals surface area contributed by atoms with Crippen molar-refractivity contribution in [3.8, 4) is 5.82 Å². The van der Waals surface area contributed by atoms with Crippen LogP contribution in [0.15, 0.2) is 40.2 Å². The van der Waals surface area contributed by atoms with E-state index in [0.29, 0.717) is 12.2 Å². The quantitative estimate of drug-likeness (QED) is 0.245. The highest BCUT2D eigenvalue weighted by molar-refractivity contribution is 6.00. The maximum atomic E-state index is 13.0. The van der Waals surface area contributed by atoms with E-state index in [2.05, 4.69) is 54.9 Å². The van der Waals surface area contributed by atoms with E-state index >= 15 is 0 Å². The summed E-state index contributed by atoms with van der Waals surface area (Å²) in [5, 5.41) is 20.7. The van der Waals surface area contributed by atoms with E-state index < -0.39 is 5.91 Å². The van der Waals surface area contributed by atoms with Crippen LogP contribution >= 0.6 is 0 Å². The van der Waals surface area contributed by atoms with Crippen LogP contribution in [0.25, 0.3) is 16.7 Å². The number of aromatic amines is 1. The third kappa shape index (κ3) is 4.75. The molecule has 33 heavy (non-hydrogen) atoms. The Labute approximate surface area is 189 Å². The number of anilines is 1. The average molecular weight is 451 g/mol. The van der Waals surface area contributed by atoms with Gasteiger partial charge in [-0.05, 0) is 42.3 Å². The molecular formula is C21H26N10O2. The molecular weight excluding hydrogens is 424 g/mol. The van der Waals surface area contributed by atoms with Gasteiger partial charge < -0.3 is 10.7 Å². The lowest BCUT2D eigenvalue weighted by molar-refractivity contribution is 0.0947. The number of fused-ring (bicyclic) bond motifs is 1. The van der Waals surface area contributed by atoms with Gasteiger partial charge in [0, 0.05) is 29.2 Å². The summed E-state index contributed by atoms with van der Waals surface area (Å²) in [5.74, 6) is -0.245.